The van der Waals surface area contributed by atoms with Gasteiger partial charge in [-0.3, -0.25) is 10.1 Å². The number of nitro benzene ring substituents is 1. The zero-order chi connectivity index (χ0) is 15.0. The number of nitrogens with one attached hydrogen (secondary N) is 1. The number of aliphatic hydroxyl groups is 1. The predicted molar refractivity (Wildman–Crippen MR) is 74.4 cm³/mol. The fraction of sp³-hybridized carbons (Fsp3) is 0.500. The fourth-order valence-corrected chi connectivity index (χ4v) is 1.64. The number of ether oxygens (including phenoxy) is 2. The molecule has 1 atom stereocenters. The Morgan fingerprint density at radius 3 is 2.90 bits per heavy atom. The molecule has 0 heterocycles. The average Bonchev–Trinajstić information content (AvgIpc) is 2.42. The van der Waals surface area contributed by atoms with Crippen molar-refractivity contribution in [1.82, 2.24) is 5.32 Å². The highest BCUT2D eigenvalue weighted by Crippen LogP contribution is 2.28. The maximum absolute atomic E-state index is 10.5. The van der Waals surface area contributed by atoms with Crippen LogP contribution in [0.5, 0.6) is 5.75 Å². The number of hydrogen-bond donors (Lipinski definition) is 2. The summed E-state index contributed by atoms with van der Waals surface area (Å²) in [7, 11) is 1.60. The van der Waals surface area contributed by atoms with E-state index in [0.717, 1.165) is 0 Å². The molecule has 0 saturated carbocycles. The summed E-state index contributed by atoms with van der Waals surface area (Å²) in [6.07, 6.45) is -0.710. The van der Waals surface area contributed by atoms with E-state index in [9.17, 15) is 15.2 Å². The van der Waals surface area contributed by atoms with Gasteiger partial charge in [0.25, 0.3) is 5.69 Å². The van der Waals surface area contributed by atoms with Crippen molar-refractivity contribution < 1.29 is 19.5 Å². The number of rotatable bonds is 9. The molecule has 1 rings (SSSR count). The smallest absolute Gasteiger partial charge is 0.271 e. The van der Waals surface area contributed by atoms with E-state index in [1.807, 2.05) is 0 Å². The van der Waals surface area contributed by atoms with Crippen molar-refractivity contribution in [3.63, 3.8) is 0 Å². The van der Waals surface area contributed by atoms with Crippen LogP contribution < -0.4 is 10.1 Å². The van der Waals surface area contributed by atoms with Gasteiger partial charge in [0, 0.05) is 32.3 Å². The maximum atomic E-state index is 10.5. The summed E-state index contributed by atoms with van der Waals surface area (Å²) in [5.74, 6) is 0.299. The molecule has 0 aromatic heterocycles. The van der Waals surface area contributed by atoms with Gasteiger partial charge in [0.1, 0.15) is 18.5 Å². The van der Waals surface area contributed by atoms with E-state index in [2.05, 4.69) is 5.32 Å². The molecule has 1 aromatic carbocycles. The van der Waals surface area contributed by atoms with Crippen LogP contribution in [0.4, 0.5) is 5.69 Å². The number of aliphatic hydroxyl groups excluding tert-OH is 1. The Kier molecular flexibility index (Phi) is 7.24. The molecule has 2 N–H and O–H groups in total. The van der Waals surface area contributed by atoms with Gasteiger partial charge in [-0.2, -0.15) is 0 Å². The highest BCUT2D eigenvalue weighted by Gasteiger charge is 2.11. The lowest BCUT2D eigenvalue weighted by Crippen LogP contribution is -2.33. The quantitative estimate of drug-likeness (QED) is 0.405. The minimum Gasteiger partial charge on any atom is -0.489 e. The topological polar surface area (TPSA) is 93.9 Å². The van der Waals surface area contributed by atoms with Crippen LogP contribution >= 0.6 is 11.6 Å². The van der Waals surface area contributed by atoms with Crippen LogP contribution in [-0.4, -0.2) is 49.5 Å². The summed E-state index contributed by atoms with van der Waals surface area (Å²) in [5.41, 5.74) is -0.107. The van der Waals surface area contributed by atoms with Gasteiger partial charge < -0.3 is 19.9 Å². The van der Waals surface area contributed by atoms with Crippen LogP contribution in [0.1, 0.15) is 0 Å². The number of halogens is 1. The molecule has 0 fully saturated rings. The van der Waals surface area contributed by atoms with E-state index in [1.54, 1.807) is 7.11 Å². The minimum atomic E-state index is -0.710. The minimum absolute atomic E-state index is 0.0392. The number of methoxy groups -OCH3 is 1. The number of benzene rings is 1. The molecule has 1 unspecified atom stereocenters. The Morgan fingerprint density at radius 2 is 2.30 bits per heavy atom. The van der Waals surface area contributed by atoms with Gasteiger partial charge in [-0.25, -0.2) is 0 Å². The fourth-order valence-electron chi connectivity index (χ4n) is 1.41. The SMILES string of the molecule is COCCNCC(O)COc1ccc([N+](=O)[O-])cc1Cl. The van der Waals surface area contributed by atoms with Crippen LogP contribution in [0.2, 0.25) is 5.02 Å². The molecule has 20 heavy (non-hydrogen) atoms. The van der Waals surface area contributed by atoms with Gasteiger partial charge in [-0.15, -0.1) is 0 Å². The first-order chi connectivity index (χ1) is 9.54. The van der Waals surface area contributed by atoms with Crippen LogP contribution in [0.3, 0.4) is 0 Å². The molecule has 0 aliphatic rings. The zero-order valence-corrected chi connectivity index (χ0v) is 11.8. The van der Waals surface area contributed by atoms with E-state index >= 15 is 0 Å². The molecule has 0 amide bonds. The monoisotopic (exact) mass is 304 g/mol. The maximum Gasteiger partial charge on any atom is 0.271 e. The Bertz CT molecular complexity index is 444. The number of non-ortho nitro benzene ring substituents is 1. The summed E-state index contributed by atoms with van der Waals surface area (Å²) in [6.45, 7) is 1.58. The highest BCUT2D eigenvalue weighted by atomic mass is 35.5. The normalized spacial score (nSPS) is 12.2. The van der Waals surface area contributed by atoms with Crippen LogP contribution in [-0.2, 0) is 4.74 Å². The third kappa shape index (κ3) is 5.70. The van der Waals surface area contributed by atoms with Gasteiger partial charge >= 0.3 is 0 Å². The lowest BCUT2D eigenvalue weighted by atomic mass is 10.3. The standard InChI is InChI=1S/C12H17ClN2O5/c1-19-5-4-14-7-10(16)8-20-12-3-2-9(15(17)18)6-11(12)13/h2-3,6,10,14,16H,4-5,7-8H2,1H3. The zero-order valence-electron chi connectivity index (χ0n) is 11.0. The van der Waals surface area contributed by atoms with Crippen LogP contribution in [0.15, 0.2) is 18.2 Å². The first kappa shape index (κ1) is 16.6. The van der Waals surface area contributed by atoms with Gasteiger partial charge in [0.2, 0.25) is 0 Å². The third-order valence-electron chi connectivity index (χ3n) is 2.42. The van der Waals surface area contributed by atoms with Crippen molar-refractivity contribution in [2.24, 2.45) is 0 Å². The van der Waals surface area contributed by atoms with E-state index < -0.39 is 11.0 Å². The Morgan fingerprint density at radius 1 is 1.55 bits per heavy atom. The van der Waals surface area contributed by atoms with Crippen molar-refractivity contribution in [3.8, 4) is 5.75 Å². The molecule has 1 aromatic rings. The summed E-state index contributed by atoms with van der Waals surface area (Å²) in [6, 6.07) is 3.91. The van der Waals surface area contributed by atoms with Crippen LogP contribution in [0.25, 0.3) is 0 Å². The number of nitro groups is 1. The lowest BCUT2D eigenvalue weighted by Gasteiger charge is -2.13. The number of nitrogens with zero attached hydrogens (tertiary/aromatic N) is 1. The second-order valence-electron chi connectivity index (χ2n) is 4.03. The van der Waals surface area contributed by atoms with Crippen molar-refractivity contribution in [3.05, 3.63) is 33.3 Å². The Hall–Kier alpha value is -1.41. The molecule has 0 bridgehead atoms. The Balaban J connectivity index is 2.39. The molecule has 112 valence electrons. The highest BCUT2D eigenvalue weighted by molar-refractivity contribution is 6.32. The second-order valence-corrected chi connectivity index (χ2v) is 4.44. The molecule has 7 nitrogen and oxygen atoms in total. The second kappa shape index (κ2) is 8.70. The predicted octanol–water partition coefficient (Wildman–Crippen LogP) is 1.22. The van der Waals surface area contributed by atoms with Gasteiger partial charge in [0.15, 0.2) is 0 Å². The van der Waals surface area contributed by atoms with E-state index in [4.69, 9.17) is 21.1 Å². The van der Waals surface area contributed by atoms with E-state index in [1.165, 1.54) is 18.2 Å². The van der Waals surface area contributed by atoms with Crippen molar-refractivity contribution in [2.45, 2.75) is 6.10 Å². The van der Waals surface area contributed by atoms with Crippen molar-refractivity contribution >= 4 is 17.3 Å². The molecule has 0 saturated heterocycles. The first-order valence-corrected chi connectivity index (χ1v) is 6.37. The molecule has 0 aliphatic carbocycles. The van der Waals surface area contributed by atoms with Crippen molar-refractivity contribution in [2.75, 3.05) is 33.4 Å². The molecular weight excluding hydrogens is 288 g/mol. The van der Waals surface area contributed by atoms with Gasteiger partial charge in [-0.1, -0.05) is 11.6 Å². The Labute approximate surface area is 121 Å². The summed E-state index contributed by atoms with van der Waals surface area (Å²) in [4.78, 5) is 10.0. The van der Waals surface area contributed by atoms with Crippen molar-refractivity contribution in [1.29, 1.82) is 0 Å². The third-order valence-corrected chi connectivity index (χ3v) is 2.72. The van der Waals surface area contributed by atoms with E-state index in [-0.39, 0.29) is 17.3 Å². The lowest BCUT2D eigenvalue weighted by molar-refractivity contribution is -0.384. The summed E-state index contributed by atoms with van der Waals surface area (Å²) in [5, 5.41) is 23.3. The molecule has 0 aliphatic heterocycles. The largest absolute Gasteiger partial charge is 0.489 e. The molecule has 0 spiro atoms. The average molecular weight is 305 g/mol. The van der Waals surface area contributed by atoms with Gasteiger partial charge in [0.05, 0.1) is 16.6 Å². The summed E-state index contributed by atoms with van der Waals surface area (Å²) < 4.78 is 10.2. The van der Waals surface area contributed by atoms with Crippen LogP contribution in [0, 0.1) is 10.1 Å². The first-order valence-electron chi connectivity index (χ1n) is 5.99. The van der Waals surface area contributed by atoms with E-state index in [0.29, 0.717) is 25.4 Å². The molecule has 0 radical (unpaired) electrons. The molecular formula is C12H17ClN2O5. The molecule has 8 heteroatoms. The summed E-state index contributed by atoms with van der Waals surface area (Å²) >= 11 is 5.86. The number of hydrogen-bond acceptors (Lipinski definition) is 6. The van der Waals surface area contributed by atoms with Gasteiger partial charge in [-0.05, 0) is 6.07 Å².